The number of carbonyl (C=O) groups excluding carboxylic acids is 4. The molecule has 4 heterocycles. The van der Waals surface area contributed by atoms with Gasteiger partial charge in [-0.05, 0) is 38.2 Å². The molecule has 12 atom stereocenters. The number of fused-ring (bicyclic) bond motifs is 3. The smallest absolute Gasteiger partial charge is 0.309 e. The summed E-state index contributed by atoms with van der Waals surface area (Å²) < 4.78 is 53.2. The quantitative estimate of drug-likeness (QED) is 0.177. The van der Waals surface area contributed by atoms with E-state index in [0.29, 0.717) is 24.2 Å². The fourth-order valence-corrected chi connectivity index (χ4v) is 12.6. The molecule has 4 saturated carbocycles. The van der Waals surface area contributed by atoms with Crippen LogP contribution in [0.25, 0.3) is 0 Å². The minimum absolute atomic E-state index is 0.0398. The Bertz CT molecular complexity index is 1730. The Morgan fingerprint density at radius 2 is 1.65 bits per heavy atom. The SMILES string of the molecule is C=C1CC2C(C)(C(=O)c3ccoc3)CCC34OC5(C)OC23C(O1)C1(OC(=O)C(C)C)C(OC(=O)C(C)C)C2(C)CC1(O5)C4(C)C2CC(=O)OCC. The zero-order valence-corrected chi connectivity index (χ0v) is 31.0. The van der Waals surface area contributed by atoms with Gasteiger partial charge in [-0.2, -0.15) is 0 Å². The van der Waals surface area contributed by atoms with Gasteiger partial charge in [-0.25, -0.2) is 0 Å². The second kappa shape index (κ2) is 10.3. The molecule has 8 rings (SSSR count). The van der Waals surface area contributed by atoms with Crippen molar-refractivity contribution >= 4 is 23.7 Å². The van der Waals surface area contributed by atoms with E-state index in [1.54, 1.807) is 47.6 Å². The van der Waals surface area contributed by atoms with Gasteiger partial charge in [-0.15, -0.1) is 0 Å². The predicted octanol–water partition coefficient (Wildman–Crippen LogP) is 5.67. The molecule has 278 valence electrons. The average molecular weight is 711 g/mol. The van der Waals surface area contributed by atoms with Crippen molar-refractivity contribution in [1.82, 2.24) is 0 Å². The van der Waals surface area contributed by atoms with Gasteiger partial charge in [0.05, 0.1) is 36.0 Å². The van der Waals surface area contributed by atoms with Crippen molar-refractivity contribution in [2.75, 3.05) is 6.61 Å². The minimum atomic E-state index is -1.81. The van der Waals surface area contributed by atoms with E-state index in [1.165, 1.54) is 12.5 Å². The molecule has 0 radical (unpaired) electrons. The number of furan rings is 1. The van der Waals surface area contributed by atoms with Crippen molar-refractivity contribution in [3.05, 3.63) is 36.5 Å². The van der Waals surface area contributed by atoms with Crippen molar-refractivity contribution in [3.8, 4) is 0 Å². The summed E-state index contributed by atoms with van der Waals surface area (Å²) in [4.78, 5) is 56.5. The Morgan fingerprint density at radius 3 is 2.27 bits per heavy atom. The van der Waals surface area contributed by atoms with Crippen molar-refractivity contribution < 1.29 is 56.8 Å². The topological polar surface area (TPSA) is 146 Å². The Hall–Kier alpha value is -3.22. The molecule has 1 aromatic rings. The molecule has 4 bridgehead atoms. The predicted molar refractivity (Wildman–Crippen MR) is 176 cm³/mol. The Labute approximate surface area is 298 Å². The molecule has 1 aromatic heterocycles. The summed E-state index contributed by atoms with van der Waals surface area (Å²) in [6, 6.07) is 1.65. The minimum Gasteiger partial charge on any atom is -0.488 e. The van der Waals surface area contributed by atoms with Gasteiger partial charge in [0, 0.05) is 41.9 Å². The first-order chi connectivity index (χ1) is 23.8. The van der Waals surface area contributed by atoms with Gasteiger partial charge in [0.25, 0.3) is 5.97 Å². The molecule has 51 heavy (non-hydrogen) atoms. The molecule has 3 saturated heterocycles. The largest absolute Gasteiger partial charge is 0.488 e. The van der Waals surface area contributed by atoms with E-state index in [0.717, 1.165) is 0 Å². The fourth-order valence-electron chi connectivity index (χ4n) is 12.6. The summed E-state index contributed by atoms with van der Waals surface area (Å²) in [7, 11) is 0. The monoisotopic (exact) mass is 710 g/mol. The molecule has 0 amide bonds. The Morgan fingerprint density at radius 1 is 0.961 bits per heavy atom. The Balaban J connectivity index is 1.47. The van der Waals surface area contributed by atoms with E-state index in [4.69, 9.17) is 37.6 Å². The van der Waals surface area contributed by atoms with Crippen LogP contribution in [0.4, 0.5) is 0 Å². The third-order valence-corrected chi connectivity index (χ3v) is 14.3. The van der Waals surface area contributed by atoms with Crippen molar-refractivity contribution in [1.29, 1.82) is 0 Å². The highest BCUT2D eigenvalue weighted by Gasteiger charge is 3.05. The maximum atomic E-state index is 14.7. The highest BCUT2D eigenvalue weighted by atomic mass is 16.9. The molecule has 12 nitrogen and oxygen atoms in total. The van der Waals surface area contributed by atoms with Crippen LogP contribution in [0.5, 0.6) is 0 Å². The number of hydrogen-bond acceptors (Lipinski definition) is 12. The first-order valence-corrected chi connectivity index (χ1v) is 18.4. The maximum absolute atomic E-state index is 14.7. The molecular formula is C39H50O12. The second-order valence-electron chi connectivity index (χ2n) is 17.5. The van der Waals surface area contributed by atoms with E-state index in [1.807, 2.05) is 20.8 Å². The summed E-state index contributed by atoms with van der Waals surface area (Å²) in [5.41, 5.74) is -8.74. The number of esters is 3. The first kappa shape index (κ1) is 34.8. The first-order valence-electron chi connectivity index (χ1n) is 18.4. The van der Waals surface area contributed by atoms with Crippen LogP contribution in [-0.2, 0) is 47.5 Å². The number of allylic oxidation sites excluding steroid dienone is 1. The normalized spacial score (nSPS) is 48.0. The van der Waals surface area contributed by atoms with Crippen LogP contribution < -0.4 is 0 Å². The molecule has 3 spiro atoms. The van der Waals surface area contributed by atoms with Gasteiger partial charge in [-0.1, -0.05) is 55.0 Å². The van der Waals surface area contributed by atoms with Gasteiger partial charge in [0.2, 0.25) is 5.60 Å². The summed E-state index contributed by atoms with van der Waals surface area (Å²) in [5, 5.41) is 0. The van der Waals surface area contributed by atoms with Crippen LogP contribution in [0.1, 0.15) is 105 Å². The van der Waals surface area contributed by atoms with E-state index < -0.39 is 98.4 Å². The van der Waals surface area contributed by atoms with Crippen LogP contribution in [0.2, 0.25) is 0 Å². The van der Waals surface area contributed by atoms with Crippen LogP contribution in [-0.4, -0.2) is 70.9 Å². The third-order valence-electron chi connectivity index (χ3n) is 14.3. The number of Topliss-reactive ketones (excluding diaryl/α,β-unsaturated/α-hetero) is 1. The summed E-state index contributed by atoms with van der Waals surface area (Å²) in [6.07, 6.45) is 1.76. The lowest BCUT2D eigenvalue weighted by atomic mass is 9.33. The maximum Gasteiger partial charge on any atom is 0.309 e. The van der Waals surface area contributed by atoms with Gasteiger partial charge in [0.1, 0.15) is 23.1 Å². The van der Waals surface area contributed by atoms with Gasteiger partial charge >= 0.3 is 17.9 Å². The zero-order valence-electron chi connectivity index (χ0n) is 31.0. The highest BCUT2D eigenvalue weighted by Crippen LogP contribution is 2.90. The van der Waals surface area contributed by atoms with Crippen LogP contribution >= 0.6 is 0 Å². The fraction of sp³-hybridized carbons (Fsp3) is 0.744. The number of carbonyl (C=O) groups is 4. The molecule has 0 N–H and O–H groups in total. The van der Waals surface area contributed by atoms with Crippen LogP contribution in [0, 0.1) is 39.9 Å². The van der Waals surface area contributed by atoms with Crippen LogP contribution in [0.15, 0.2) is 35.3 Å². The zero-order chi connectivity index (χ0) is 36.9. The lowest BCUT2D eigenvalue weighted by molar-refractivity contribution is -0.478. The third kappa shape index (κ3) is 3.63. The number of hydrogen-bond donors (Lipinski definition) is 0. The molecule has 4 aliphatic carbocycles. The van der Waals surface area contributed by atoms with E-state index in [2.05, 4.69) is 6.58 Å². The number of rotatable bonds is 9. The molecular weight excluding hydrogens is 660 g/mol. The molecule has 12 heteroatoms. The highest BCUT2D eigenvalue weighted by molar-refractivity contribution is 6.00. The summed E-state index contributed by atoms with van der Waals surface area (Å²) >= 11 is 0. The molecule has 7 fully saturated rings. The summed E-state index contributed by atoms with van der Waals surface area (Å²) in [5.74, 6) is -5.21. The standard InChI is InChI=1S/C39H50O12/c1-11-45-26(40)17-24-33(8)19-37-34(24,9)36-14-13-32(7,27(41)23-12-15-44-18-23)25-16-22(6)46-31(38(25,36)51-35(10,49-36)50-37)39(37,48-29(43)21(4)5)30(33)47-28(42)20(2)3/h12,15,18,20-21,24-25,30-31H,6,11,13-14,16-17,19H2,1-5,7-10H3. The van der Waals surface area contributed by atoms with Crippen molar-refractivity contribution in [2.24, 2.45) is 39.9 Å². The van der Waals surface area contributed by atoms with E-state index >= 15 is 0 Å². The van der Waals surface area contributed by atoms with Gasteiger partial charge < -0.3 is 37.6 Å². The van der Waals surface area contributed by atoms with Crippen molar-refractivity contribution in [2.45, 2.75) is 135 Å². The summed E-state index contributed by atoms with van der Waals surface area (Å²) in [6.45, 7) is 20.9. The molecule has 7 aliphatic rings. The lowest BCUT2D eigenvalue weighted by Crippen LogP contribution is -2.94. The number of ketones is 1. The lowest BCUT2D eigenvalue weighted by Gasteiger charge is -2.77. The average Bonchev–Trinajstić information content (AvgIpc) is 3.75. The second-order valence-corrected chi connectivity index (χ2v) is 17.5. The number of ether oxygens (including phenoxy) is 7. The molecule has 3 aliphatic heterocycles. The molecule has 12 unspecified atom stereocenters. The molecule has 0 aromatic carbocycles. The van der Waals surface area contributed by atoms with Gasteiger partial charge in [-0.3, -0.25) is 19.2 Å². The van der Waals surface area contributed by atoms with Gasteiger partial charge in [0.15, 0.2) is 18.0 Å². The van der Waals surface area contributed by atoms with E-state index in [-0.39, 0.29) is 31.7 Å². The van der Waals surface area contributed by atoms with Crippen LogP contribution in [0.3, 0.4) is 0 Å². The van der Waals surface area contributed by atoms with Crippen molar-refractivity contribution in [3.63, 3.8) is 0 Å². The van der Waals surface area contributed by atoms with E-state index in [9.17, 15) is 19.2 Å². The Kier molecular flexibility index (Phi) is 7.01.